The highest BCUT2D eigenvalue weighted by molar-refractivity contribution is 5.80. The maximum absolute atomic E-state index is 13.8. The van der Waals surface area contributed by atoms with E-state index in [4.69, 9.17) is 14.5 Å². The molecule has 0 spiro atoms. The van der Waals surface area contributed by atoms with Gasteiger partial charge in [-0.3, -0.25) is 24.4 Å². The summed E-state index contributed by atoms with van der Waals surface area (Å²) < 4.78 is 12.3. The fourth-order valence-electron chi connectivity index (χ4n) is 4.39. The van der Waals surface area contributed by atoms with Gasteiger partial charge in [0, 0.05) is 68.9 Å². The Morgan fingerprint density at radius 3 is 2.27 bits per heavy atom. The Morgan fingerprint density at radius 1 is 0.973 bits per heavy atom. The molecule has 12 heteroatoms. The number of nitro benzene ring substituents is 1. The minimum absolute atomic E-state index is 0.158. The number of hydrogen-bond donors (Lipinski definition) is 0. The summed E-state index contributed by atoms with van der Waals surface area (Å²) in [5, 5.41) is 11.5. The first kappa shape index (κ1) is 24.1. The molecule has 0 saturated carbocycles. The summed E-state index contributed by atoms with van der Waals surface area (Å²) in [5.41, 5.74) is 0.310. The molecule has 0 atom stereocenters. The zero-order valence-electron chi connectivity index (χ0n) is 20.4. The van der Waals surface area contributed by atoms with Crippen molar-refractivity contribution < 1.29 is 14.4 Å². The molecule has 0 unspecified atom stereocenters. The van der Waals surface area contributed by atoms with Crippen LogP contribution in [0.5, 0.6) is 11.5 Å². The van der Waals surface area contributed by atoms with Crippen molar-refractivity contribution in [3.8, 4) is 17.2 Å². The second-order valence-electron chi connectivity index (χ2n) is 8.51. The maximum Gasteiger partial charge on any atom is 0.270 e. The molecule has 12 nitrogen and oxygen atoms in total. The number of fused-ring (bicyclic) bond motifs is 1. The highest BCUT2D eigenvalue weighted by Crippen LogP contribution is 2.26. The molecule has 2 aromatic carbocycles. The van der Waals surface area contributed by atoms with E-state index < -0.39 is 10.5 Å². The van der Waals surface area contributed by atoms with Gasteiger partial charge in [0.05, 0.1) is 42.3 Å². The van der Waals surface area contributed by atoms with E-state index in [0.717, 1.165) is 13.1 Å². The first-order valence-electron chi connectivity index (χ1n) is 11.6. The van der Waals surface area contributed by atoms with Gasteiger partial charge in [0.1, 0.15) is 17.3 Å². The molecule has 0 radical (unpaired) electrons. The summed E-state index contributed by atoms with van der Waals surface area (Å²) in [6.45, 7) is 3.27. The molecule has 0 aliphatic carbocycles. The minimum atomic E-state index is -0.526. The van der Waals surface area contributed by atoms with E-state index in [1.807, 2.05) is 0 Å². The van der Waals surface area contributed by atoms with Crippen LogP contribution < -0.4 is 19.9 Å². The summed E-state index contributed by atoms with van der Waals surface area (Å²) in [4.78, 5) is 42.4. The summed E-state index contributed by atoms with van der Waals surface area (Å²) in [7, 11) is 3.06. The lowest BCUT2D eigenvalue weighted by molar-refractivity contribution is -0.384. The second-order valence-corrected chi connectivity index (χ2v) is 8.51. The number of nitro groups is 1. The van der Waals surface area contributed by atoms with E-state index >= 15 is 0 Å². The van der Waals surface area contributed by atoms with Crippen LogP contribution in [0.4, 0.5) is 11.6 Å². The van der Waals surface area contributed by atoms with Crippen LogP contribution in [0, 0.1) is 10.1 Å². The monoisotopic (exact) mass is 503 g/mol. The van der Waals surface area contributed by atoms with E-state index in [2.05, 4.69) is 19.8 Å². The molecular weight excluding hydrogens is 478 g/mol. The molecule has 2 aromatic heterocycles. The van der Waals surface area contributed by atoms with E-state index in [1.165, 1.54) is 37.0 Å². The lowest BCUT2D eigenvalue weighted by atomic mass is 10.2. The zero-order chi connectivity index (χ0) is 25.9. The third-order valence-corrected chi connectivity index (χ3v) is 6.30. The maximum atomic E-state index is 13.8. The van der Waals surface area contributed by atoms with Crippen molar-refractivity contribution in [1.82, 2.24) is 24.4 Å². The Morgan fingerprint density at radius 2 is 1.65 bits per heavy atom. The van der Waals surface area contributed by atoms with Crippen LogP contribution in [-0.2, 0) is 6.54 Å². The van der Waals surface area contributed by atoms with Crippen molar-refractivity contribution >= 4 is 22.5 Å². The Hall–Kier alpha value is -4.58. The average molecular weight is 504 g/mol. The number of benzene rings is 2. The van der Waals surface area contributed by atoms with Gasteiger partial charge in [-0.1, -0.05) is 0 Å². The van der Waals surface area contributed by atoms with Gasteiger partial charge in [-0.15, -0.1) is 0 Å². The molecule has 1 saturated heterocycles. The molecule has 4 aromatic rings. The summed E-state index contributed by atoms with van der Waals surface area (Å²) in [5.74, 6) is 2.20. The summed E-state index contributed by atoms with van der Waals surface area (Å²) in [6.07, 6.45) is 3.44. The molecule has 190 valence electrons. The van der Waals surface area contributed by atoms with Crippen molar-refractivity contribution in [2.75, 3.05) is 45.3 Å². The first-order valence-corrected chi connectivity index (χ1v) is 11.6. The van der Waals surface area contributed by atoms with Gasteiger partial charge in [0.25, 0.3) is 11.2 Å². The average Bonchev–Trinajstić information content (AvgIpc) is 2.93. The second kappa shape index (κ2) is 10.2. The number of rotatable bonds is 7. The molecular formula is C25H25N7O5. The van der Waals surface area contributed by atoms with Crippen molar-refractivity contribution in [3.05, 3.63) is 81.2 Å². The van der Waals surface area contributed by atoms with Gasteiger partial charge in [-0.25, -0.2) is 15.0 Å². The van der Waals surface area contributed by atoms with Gasteiger partial charge in [-0.05, 0) is 12.1 Å². The molecule has 1 aliphatic heterocycles. The van der Waals surface area contributed by atoms with Crippen LogP contribution in [0.3, 0.4) is 0 Å². The largest absolute Gasteiger partial charge is 0.497 e. The lowest BCUT2D eigenvalue weighted by Gasteiger charge is -2.34. The minimum Gasteiger partial charge on any atom is -0.497 e. The standard InChI is InChI=1S/C25H25N7O5/c1-36-19-12-18(13-20(15-19)37-2)31-23(28-22-5-4-17(32(34)35)14-21(22)24(31)33)16-29-8-10-30(11-9-29)25-26-6-3-7-27-25/h3-7,12-15H,8-11,16H2,1-2H3. The van der Waals surface area contributed by atoms with Crippen molar-refractivity contribution in [3.63, 3.8) is 0 Å². The number of methoxy groups -OCH3 is 2. The number of non-ortho nitro benzene ring substituents is 1. The number of piperazine rings is 1. The molecule has 0 N–H and O–H groups in total. The molecule has 3 heterocycles. The van der Waals surface area contributed by atoms with Gasteiger partial charge < -0.3 is 14.4 Å². The van der Waals surface area contributed by atoms with Gasteiger partial charge in [0.15, 0.2) is 0 Å². The van der Waals surface area contributed by atoms with E-state index in [9.17, 15) is 14.9 Å². The molecule has 1 aliphatic rings. The summed E-state index contributed by atoms with van der Waals surface area (Å²) >= 11 is 0. The third kappa shape index (κ3) is 4.91. The Labute approximate surface area is 211 Å². The topological polar surface area (TPSA) is 129 Å². The molecule has 5 rings (SSSR count). The smallest absolute Gasteiger partial charge is 0.270 e. The highest BCUT2D eigenvalue weighted by Gasteiger charge is 2.23. The molecule has 0 bridgehead atoms. The van der Waals surface area contributed by atoms with Crippen molar-refractivity contribution in [2.24, 2.45) is 0 Å². The van der Waals surface area contributed by atoms with Crippen LogP contribution in [0.15, 0.2) is 59.7 Å². The number of ether oxygens (including phenoxy) is 2. The number of anilines is 1. The van der Waals surface area contributed by atoms with Crippen LogP contribution in [0.25, 0.3) is 16.6 Å². The number of nitrogens with zero attached hydrogens (tertiary/aromatic N) is 7. The fourth-order valence-corrected chi connectivity index (χ4v) is 4.39. The quantitative estimate of drug-likeness (QED) is 0.274. The number of hydrogen-bond acceptors (Lipinski definition) is 10. The van der Waals surface area contributed by atoms with Gasteiger partial charge >= 0.3 is 0 Å². The lowest BCUT2D eigenvalue weighted by Crippen LogP contribution is -2.47. The zero-order valence-corrected chi connectivity index (χ0v) is 20.4. The van der Waals surface area contributed by atoms with Gasteiger partial charge in [0.2, 0.25) is 5.95 Å². The van der Waals surface area contributed by atoms with Crippen LogP contribution in [0.2, 0.25) is 0 Å². The molecule has 0 amide bonds. The normalized spacial score (nSPS) is 14.1. The van der Waals surface area contributed by atoms with E-state index in [1.54, 1.807) is 36.7 Å². The van der Waals surface area contributed by atoms with Crippen LogP contribution in [-0.4, -0.2) is 69.7 Å². The van der Waals surface area contributed by atoms with Gasteiger partial charge in [-0.2, -0.15) is 0 Å². The van der Waals surface area contributed by atoms with Crippen molar-refractivity contribution in [2.45, 2.75) is 6.54 Å². The predicted octanol–water partition coefficient (Wildman–Crippen LogP) is 2.42. The third-order valence-electron chi connectivity index (χ3n) is 6.30. The molecule has 37 heavy (non-hydrogen) atoms. The first-order chi connectivity index (χ1) is 18.0. The fraction of sp³-hybridized carbons (Fsp3) is 0.280. The van der Waals surface area contributed by atoms with E-state index in [-0.39, 0.29) is 11.1 Å². The van der Waals surface area contributed by atoms with Crippen molar-refractivity contribution in [1.29, 1.82) is 0 Å². The summed E-state index contributed by atoms with van der Waals surface area (Å²) in [6, 6.07) is 11.0. The SMILES string of the molecule is COc1cc(OC)cc(-n2c(CN3CCN(c4ncccn4)CC3)nc3ccc([N+](=O)[O-])cc3c2=O)c1. The highest BCUT2D eigenvalue weighted by atomic mass is 16.6. The number of aromatic nitrogens is 4. The van der Waals surface area contributed by atoms with E-state index in [0.29, 0.717) is 54.1 Å². The predicted molar refractivity (Wildman–Crippen MR) is 137 cm³/mol. The Bertz CT molecular complexity index is 1480. The van der Waals surface area contributed by atoms with Crippen LogP contribution >= 0.6 is 0 Å². The Balaban J connectivity index is 1.55. The molecule has 1 fully saturated rings. The Kier molecular flexibility index (Phi) is 6.64. The van der Waals surface area contributed by atoms with Crippen LogP contribution in [0.1, 0.15) is 5.82 Å².